The van der Waals surface area contributed by atoms with E-state index in [1.54, 1.807) is 31.2 Å². The highest BCUT2D eigenvalue weighted by Crippen LogP contribution is 2.24. The quantitative estimate of drug-likeness (QED) is 0.911. The summed E-state index contributed by atoms with van der Waals surface area (Å²) in [5.74, 6) is -0.228. The van der Waals surface area contributed by atoms with Crippen molar-refractivity contribution in [2.45, 2.75) is 12.5 Å². The van der Waals surface area contributed by atoms with E-state index in [1.165, 1.54) is 11.3 Å². The van der Waals surface area contributed by atoms with Gasteiger partial charge >= 0.3 is 0 Å². The predicted octanol–water partition coefficient (Wildman–Crippen LogP) is 3.04. The summed E-state index contributed by atoms with van der Waals surface area (Å²) in [5.41, 5.74) is -0.539. The lowest BCUT2D eigenvalue weighted by atomic mass is 10.1. The molecule has 0 saturated heterocycles. The fourth-order valence-corrected chi connectivity index (χ4v) is 2.54. The molecule has 0 bridgehead atoms. The van der Waals surface area contributed by atoms with E-state index in [2.05, 4.69) is 5.32 Å². The van der Waals surface area contributed by atoms with E-state index in [1.807, 2.05) is 17.5 Å². The van der Waals surface area contributed by atoms with E-state index in [4.69, 9.17) is 11.6 Å². The lowest BCUT2D eigenvalue weighted by Gasteiger charge is -2.22. The molecule has 0 fully saturated rings. The van der Waals surface area contributed by atoms with Crippen LogP contribution in [0.3, 0.4) is 0 Å². The molecule has 0 saturated carbocycles. The number of halogens is 1. The summed E-state index contributed by atoms with van der Waals surface area (Å²) in [4.78, 5) is 12.7. The van der Waals surface area contributed by atoms with Gasteiger partial charge in [-0.3, -0.25) is 4.79 Å². The maximum Gasteiger partial charge on any atom is 0.251 e. The molecule has 2 rings (SSSR count). The highest BCUT2D eigenvalue weighted by molar-refractivity contribution is 7.10. The van der Waals surface area contributed by atoms with Crippen molar-refractivity contribution in [3.8, 4) is 0 Å². The van der Waals surface area contributed by atoms with Crippen molar-refractivity contribution in [2.75, 3.05) is 6.54 Å². The van der Waals surface area contributed by atoms with Crippen molar-refractivity contribution >= 4 is 28.8 Å². The number of rotatable bonds is 4. The van der Waals surface area contributed by atoms with E-state index in [9.17, 15) is 9.90 Å². The minimum Gasteiger partial charge on any atom is -0.383 e. The number of hydrogen-bond acceptors (Lipinski definition) is 3. The van der Waals surface area contributed by atoms with E-state index in [-0.39, 0.29) is 12.5 Å². The Hall–Kier alpha value is -1.36. The molecule has 1 unspecified atom stereocenters. The molecule has 1 amide bonds. The van der Waals surface area contributed by atoms with Crippen LogP contribution in [-0.4, -0.2) is 17.6 Å². The van der Waals surface area contributed by atoms with Crippen LogP contribution in [0.5, 0.6) is 0 Å². The summed E-state index contributed by atoms with van der Waals surface area (Å²) < 4.78 is 0. The third-order valence-corrected chi connectivity index (χ3v) is 4.13. The Bertz CT molecular complexity index is 549. The fraction of sp³-hybridized carbons (Fsp3) is 0.214. The van der Waals surface area contributed by atoms with Gasteiger partial charge in [0.2, 0.25) is 0 Å². The Morgan fingerprint density at radius 1 is 1.37 bits per heavy atom. The molecule has 100 valence electrons. The zero-order chi connectivity index (χ0) is 13.9. The monoisotopic (exact) mass is 295 g/mol. The van der Waals surface area contributed by atoms with Gasteiger partial charge in [-0.25, -0.2) is 0 Å². The number of nitrogens with one attached hydrogen (secondary N) is 1. The Balaban J connectivity index is 1.99. The van der Waals surface area contributed by atoms with Gasteiger partial charge in [-0.2, -0.15) is 0 Å². The molecule has 2 aromatic rings. The largest absolute Gasteiger partial charge is 0.383 e. The average molecular weight is 296 g/mol. The number of thiophene rings is 1. The standard InChI is InChI=1S/C14H14ClNO2S/c1-14(18,12-3-2-8-19-12)9-16-13(17)10-4-6-11(15)7-5-10/h2-8,18H,9H2,1H3,(H,16,17). The number of carbonyl (C=O) groups excluding carboxylic acids is 1. The van der Waals surface area contributed by atoms with Gasteiger partial charge in [0.05, 0.1) is 6.54 Å². The van der Waals surface area contributed by atoms with Crippen LogP contribution < -0.4 is 5.32 Å². The third-order valence-electron chi connectivity index (χ3n) is 2.75. The molecule has 0 aliphatic rings. The first-order valence-corrected chi connectivity index (χ1v) is 7.05. The van der Waals surface area contributed by atoms with Crippen molar-refractivity contribution in [1.29, 1.82) is 0 Å². The molecule has 5 heteroatoms. The molecule has 1 aromatic heterocycles. The fourth-order valence-electron chi connectivity index (χ4n) is 1.63. The molecule has 0 spiro atoms. The van der Waals surface area contributed by atoms with Gasteiger partial charge in [0, 0.05) is 15.5 Å². The third kappa shape index (κ3) is 3.56. The smallest absolute Gasteiger partial charge is 0.251 e. The maximum absolute atomic E-state index is 11.9. The number of aliphatic hydroxyl groups is 1. The highest BCUT2D eigenvalue weighted by Gasteiger charge is 2.24. The maximum atomic E-state index is 11.9. The van der Waals surface area contributed by atoms with Gasteiger partial charge in [-0.1, -0.05) is 17.7 Å². The van der Waals surface area contributed by atoms with Crippen LogP contribution in [0.4, 0.5) is 0 Å². The van der Waals surface area contributed by atoms with Crippen LogP contribution in [0.1, 0.15) is 22.2 Å². The van der Waals surface area contributed by atoms with Crippen LogP contribution in [0.15, 0.2) is 41.8 Å². The number of hydrogen-bond donors (Lipinski definition) is 2. The van der Waals surface area contributed by atoms with Gasteiger partial charge in [-0.05, 0) is 42.6 Å². The first-order chi connectivity index (χ1) is 8.99. The average Bonchev–Trinajstić information content (AvgIpc) is 2.91. The van der Waals surface area contributed by atoms with Gasteiger partial charge in [0.1, 0.15) is 5.60 Å². The van der Waals surface area contributed by atoms with Crippen LogP contribution in [-0.2, 0) is 5.60 Å². The SMILES string of the molecule is CC(O)(CNC(=O)c1ccc(Cl)cc1)c1cccs1. The number of amides is 1. The van der Waals surface area contributed by atoms with E-state index >= 15 is 0 Å². The van der Waals surface area contributed by atoms with Crippen molar-refractivity contribution in [3.05, 3.63) is 57.2 Å². The first kappa shape index (κ1) is 14.1. The second-order valence-corrected chi connectivity index (χ2v) is 5.82. The van der Waals surface area contributed by atoms with Crippen LogP contribution >= 0.6 is 22.9 Å². The second-order valence-electron chi connectivity index (χ2n) is 4.44. The first-order valence-electron chi connectivity index (χ1n) is 5.79. The molecular formula is C14H14ClNO2S. The van der Waals surface area contributed by atoms with Gasteiger partial charge < -0.3 is 10.4 Å². The normalized spacial score (nSPS) is 13.8. The lowest BCUT2D eigenvalue weighted by Crippen LogP contribution is -2.38. The zero-order valence-corrected chi connectivity index (χ0v) is 12.0. The highest BCUT2D eigenvalue weighted by atomic mass is 35.5. The Kier molecular flexibility index (Phi) is 4.24. The number of carbonyl (C=O) groups is 1. The topological polar surface area (TPSA) is 49.3 Å². The molecule has 1 aromatic carbocycles. The molecule has 0 aliphatic carbocycles. The van der Waals surface area contributed by atoms with E-state index in [0.29, 0.717) is 10.6 Å². The van der Waals surface area contributed by atoms with Crippen molar-refractivity contribution in [3.63, 3.8) is 0 Å². The summed E-state index contributed by atoms with van der Waals surface area (Å²) in [7, 11) is 0. The van der Waals surface area contributed by atoms with Gasteiger partial charge in [0.15, 0.2) is 0 Å². The van der Waals surface area contributed by atoms with E-state index < -0.39 is 5.60 Å². The summed E-state index contributed by atoms with van der Waals surface area (Å²) in [5, 5.41) is 15.5. The second kappa shape index (κ2) is 5.74. The Morgan fingerprint density at radius 2 is 2.05 bits per heavy atom. The molecule has 1 atom stereocenters. The van der Waals surface area contributed by atoms with Crippen LogP contribution in [0, 0.1) is 0 Å². The molecule has 3 nitrogen and oxygen atoms in total. The van der Waals surface area contributed by atoms with Crippen molar-refractivity contribution in [2.24, 2.45) is 0 Å². The van der Waals surface area contributed by atoms with Crippen molar-refractivity contribution in [1.82, 2.24) is 5.32 Å². The molecule has 0 aliphatic heterocycles. The summed E-state index contributed by atoms with van der Waals surface area (Å²) in [6.45, 7) is 1.84. The Morgan fingerprint density at radius 3 is 2.63 bits per heavy atom. The molecule has 0 radical (unpaired) electrons. The van der Waals surface area contributed by atoms with Gasteiger partial charge in [-0.15, -0.1) is 11.3 Å². The van der Waals surface area contributed by atoms with Crippen molar-refractivity contribution < 1.29 is 9.90 Å². The zero-order valence-electron chi connectivity index (χ0n) is 10.4. The minimum absolute atomic E-state index is 0.162. The molecule has 2 N–H and O–H groups in total. The molecular weight excluding hydrogens is 282 g/mol. The van der Waals surface area contributed by atoms with Crippen LogP contribution in [0.2, 0.25) is 5.02 Å². The lowest BCUT2D eigenvalue weighted by molar-refractivity contribution is 0.0557. The summed E-state index contributed by atoms with van der Waals surface area (Å²) in [6, 6.07) is 10.3. The van der Waals surface area contributed by atoms with Crippen LogP contribution in [0.25, 0.3) is 0 Å². The summed E-state index contributed by atoms with van der Waals surface area (Å²) >= 11 is 7.22. The predicted molar refractivity (Wildman–Crippen MR) is 77.7 cm³/mol. The Labute approximate surface area is 120 Å². The van der Waals surface area contributed by atoms with Gasteiger partial charge in [0.25, 0.3) is 5.91 Å². The number of benzene rings is 1. The van der Waals surface area contributed by atoms with E-state index in [0.717, 1.165) is 4.88 Å². The minimum atomic E-state index is -1.06. The molecule has 19 heavy (non-hydrogen) atoms. The molecule has 1 heterocycles. The summed E-state index contributed by atoms with van der Waals surface area (Å²) in [6.07, 6.45) is 0.